The summed E-state index contributed by atoms with van der Waals surface area (Å²) in [6.45, 7) is 3.61. The van der Waals surface area contributed by atoms with Gasteiger partial charge in [-0.15, -0.1) is 0 Å². The van der Waals surface area contributed by atoms with Crippen LogP contribution in [0, 0.1) is 11.3 Å². The fourth-order valence-corrected chi connectivity index (χ4v) is 3.79. The Morgan fingerprint density at radius 3 is 3.04 bits per heavy atom. The van der Waals surface area contributed by atoms with Gasteiger partial charge in [0.05, 0.1) is 17.8 Å². The topological polar surface area (TPSA) is 70.1 Å². The van der Waals surface area contributed by atoms with Gasteiger partial charge in [-0.1, -0.05) is 19.1 Å². The van der Waals surface area contributed by atoms with Crippen LogP contribution in [0.5, 0.6) is 0 Å². The van der Waals surface area contributed by atoms with E-state index in [1.807, 2.05) is 6.07 Å². The summed E-state index contributed by atoms with van der Waals surface area (Å²) in [6, 6.07) is 8.39. The van der Waals surface area contributed by atoms with Crippen molar-refractivity contribution in [1.29, 1.82) is 5.26 Å². The second kappa shape index (κ2) is 6.21. The van der Waals surface area contributed by atoms with Crippen molar-refractivity contribution in [2.24, 2.45) is 0 Å². The SMILES string of the molecule is CCc1ccc2c(c1)C(N1CCC(c3ncco3)C1)=C(C#N)C(=O)C2. The first kappa shape index (κ1) is 15.6. The summed E-state index contributed by atoms with van der Waals surface area (Å²) in [5.74, 6) is 0.831. The van der Waals surface area contributed by atoms with Gasteiger partial charge in [0.2, 0.25) is 0 Å². The first-order chi connectivity index (χ1) is 12.2. The van der Waals surface area contributed by atoms with Gasteiger partial charge in [-0.25, -0.2) is 4.98 Å². The number of benzene rings is 1. The van der Waals surface area contributed by atoms with E-state index in [4.69, 9.17) is 4.42 Å². The Kier molecular flexibility index (Phi) is 3.89. The van der Waals surface area contributed by atoms with Crippen LogP contribution in [0.2, 0.25) is 0 Å². The molecule has 5 nitrogen and oxygen atoms in total. The highest BCUT2D eigenvalue weighted by Crippen LogP contribution is 2.38. The van der Waals surface area contributed by atoms with Crippen LogP contribution in [-0.2, 0) is 17.6 Å². The zero-order valence-electron chi connectivity index (χ0n) is 14.2. The summed E-state index contributed by atoms with van der Waals surface area (Å²) in [6.07, 6.45) is 5.38. The van der Waals surface area contributed by atoms with E-state index in [2.05, 4.69) is 35.0 Å². The van der Waals surface area contributed by atoms with E-state index in [0.29, 0.717) is 13.0 Å². The molecule has 2 aliphatic rings. The molecule has 4 rings (SSSR count). The van der Waals surface area contributed by atoms with E-state index in [9.17, 15) is 10.1 Å². The molecule has 0 bridgehead atoms. The number of aromatic nitrogens is 1. The monoisotopic (exact) mass is 333 g/mol. The van der Waals surface area contributed by atoms with Crippen LogP contribution in [0.25, 0.3) is 5.70 Å². The molecule has 0 N–H and O–H groups in total. The molecule has 1 aromatic carbocycles. The molecule has 0 saturated carbocycles. The predicted octanol–water partition coefficient (Wildman–Crippen LogP) is 3.09. The number of carbonyl (C=O) groups excluding carboxylic acids is 1. The molecule has 1 fully saturated rings. The number of hydrogen-bond acceptors (Lipinski definition) is 5. The second-order valence-corrected chi connectivity index (χ2v) is 6.58. The minimum atomic E-state index is -0.0891. The summed E-state index contributed by atoms with van der Waals surface area (Å²) in [4.78, 5) is 18.9. The number of carbonyl (C=O) groups is 1. The Labute approximate surface area is 146 Å². The summed E-state index contributed by atoms with van der Waals surface area (Å²) in [7, 11) is 0. The first-order valence-electron chi connectivity index (χ1n) is 8.65. The Hall–Kier alpha value is -2.87. The van der Waals surface area contributed by atoms with Crippen molar-refractivity contribution in [1.82, 2.24) is 9.88 Å². The number of oxazole rings is 1. The van der Waals surface area contributed by atoms with E-state index < -0.39 is 0 Å². The predicted molar refractivity (Wildman–Crippen MR) is 92.5 cm³/mol. The normalized spacial score (nSPS) is 19.9. The maximum absolute atomic E-state index is 12.5. The van der Waals surface area contributed by atoms with E-state index in [-0.39, 0.29) is 17.3 Å². The Morgan fingerprint density at radius 2 is 2.32 bits per heavy atom. The number of rotatable bonds is 3. The summed E-state index contributed by atoms with van der Waals surface area (Å²) in [5.41, 5.74) is 4.33. The van der Waals surface area contributed by atoms with E-state index >= 15 is 0 Å². The molecule has 2 aromatic rings. The number of likely N-dealkylation sites (tertiary alicyclic amines) is 1. The fraction of sp³-hybridized carbons (Fsp3) is 0.350. The van der Waals surface area contributed by atoms with Gasteiger partial charge in [0, 0.05) is 25.1 Å². The first-order valence-corrected chi connectivity index (χ1v) is 8.65. The third-order valence-corrected chi connectivity index (χ3v) is 5.12. The molecule has 1 aliphatic heterocycles. The quantitative estimate of drug-likeness (QED) is 0.863. The zero-order chi connectivity index (χ0) is 17.4. The minimum Gasteiger partial charge on any atom is -0.449 e. The van der Waals surface area contributed by atoms with Crippen molar-refractivity contribution in [2.45, 2.75) is 32.1 Å². The number of Topliss-reactive ketones (excluding diaryl/α,β-unsaturated/α-hetero) is 1. The number of nitrogens with zero attached hydrogens (tertiary/aromatic N) is 3. The van der Waals surface area contributed by atoms with Crippen LogP contribution >= 0.6 is 0 Å². The van der Waals surface area contributed by atoms with E-state index in [0.717, 1.165) is 42.1 Å². The molecular formula is C20H19N3O2. The van der Waals surface area contributed by atoms with Crippen LogP contribution in [0.15, 0.2) is 40.6 Å². The van der Waals surface area contributed by atoms with Crippen molar-refractivity contribution >= 4 is 11.5 Å². The average Bonchev–Trinajstić information content (AvgIpc) is 3.31. The molecular weight excluding hydrogens is 314 g/mol. The molecule has 25 heavy (non-hydrogen) atoms. The summed E-state index contributed by atoms with van der Waals surface area (Å²) >= 11 is 0. The standard InChI is InChI=1S/C20H19N3O2/c1-2-13-3-4-14-10-18(24)17(11-21)19(16(14)9-13)23-7-5-15(12-23)20-22-6-8-25-20/h3-4,6,8-9,15H,2,5,7,10,12H2,1H3. The number of nitriles is 1. The molecule has 1 saturated heterocycles. The van der Waals surface area contributed by atoms with Crippen LogP contribution < -0.4 is 0 Å². The molecule has 126 valence electrons. The second-order valence-electron chi connectivity index (χ2n) is 6.58. The van der Waals surface area contributed by atoms with Gasteiger partial charge in [-0.3, -0.25) is 4.79 Å². The van der Waals surface area contributed by atoms with Crippen LogP contribution in [0.1, 0.15) is 41.8 Å². The van der Waals surface area contributed by atoms with Crippen molar-refractivity contribution in [3.63, 3.8) is 0 Å². The Morgan fingerprint density at radius 1 is 1.44 bits per heavy atom. The molecule has 1 aliphatic carbocycles. The highest BCUT2D eigenvalue weighted by molar-refractivity contribution is 6.10. The van der Waals surface area contributed by atoms with Crippen LogP contribution in [0.4, 0.5) is 0 Å². The zero-order valence-corrected chi connectivity index (χ0v) is 14.2. The van der Waals surface area contributed by atoms with Gasteiger partial charge in [0.15, 0.2) is 11.7 Å². The fourth-order valence-electron chi connectivity index (χ4n) is 3.79. The third-order valence-electron chi connectivity index (χ3n) is 5.12. The molecule has 2 heterocycles. The largest absolute Gasteiger partial charge is 0.449 e. The number of allylic oxidation sites excluding steroid dienone is 1. The average molecular weight is 333 g/mol. The maximum atomic E-state index is 12.5. The van der Waals surface area contributed by atoms with Gasteiger partial charge in [-0.2, -0.15) is 5.26 Å². The van der Waals surface area contributed by atoms with Crippen LogP contribution in [-0.4, -0.2) is 28.8 Å². The molecule has 5 heteroatoms. The summed E-state index contributed by atoms with van der Waals surface area (Å²) < 4.78 is 5.45. The lowest BCUT2D eigenvalue weighted by molar-refractivity contribution is -0.114. The lowest BCUT2D eigenvalue weighted by Gasteiger charge is -2.28. The molecule has 0 spiro atoms. The van der Waals surface area contributed by atoms with Gasteiger partial charge in [0.1, 0.15) is 17.9 Å². The third kappa shape index (κ3) is 2.64. The lowest BCUT2D eigenvalue weighted by Crippen LogP contribution is -2.27. The van der Waals surface area contributed by atoms with E-state index in [1.54, 1.807) is 12.5 Å². The van der Waals surface area contributed by atoms with Gasteiger partial charge in [-0.05, 0) is 30.0 Å². The lowest BCUT2D eigenvalue weighted by atomic mass is 9.87. The van der Waals surface area contributed by atoms with Crippen LogP contribution in [0.3, 0.4) is 0 Å². The Bertz CT molecular complexity index is 890. The Balaban J connectivity index is 1.76. The molecule has 0 radical (unpaired) electrons. The van der Waals surface area contributed by atoms with Crippen molar-refractivity contribution in [2.75, 3.05) is 13.1 Å². The highest BCUT2D eigenvalue weighted by atomic mass is 16.3. The number of ketones is 1. The number of aryl methyl sites for hydroxylation is 1. The molecule has 1 aromatic heterocycles. The van der Waals surface area contributed by atoms with Gasteiger partial charge >= 0.3 is 0 Å². The maximum Gasteiger partial charge on any atom is 0.198 e. The van der Waals surface area contributed by atoms with Crippen molar-refractivity contribution in [3.8, 4) is 6.07 Å². The van der Waals surface area contributed by atoms with E-state index in [1.165, 1.54) is 5.56 Å². The number of fused-ring (bicyclic) bond motifs is 1. The summed E-state index contributed by atoms with van der Waals surface area (Å²) in [5, 5.41) is 9.61. The van der Waals surface area contributed by atoms with Crippen molar-refractivity contribution in [3.05, 3.63) is 58.8 Å². The molecule has 1 atom stereocenters. The van der Waals surface area contributed by atoms with Crippen molar-refractivity contribution < 1.29 is 9.21 Å². The van der Waals surface area contributed by atoms with Gasteiger partial charge < -0.3 is 9.32 Å². The minimum absolute atomic E-state index is 0.0891. The molecule has 1 unspecified atom stereocenters. The van der Waals surface area contributed by atoms with Gasteiger partial charge in [0.25, 0.3) is 0 Å². The number of hydrogen-bond donors (Lipinski definition) is 0. The highest BCUT2D eigenvalue weighted by Gasteiger charge is 2.34. The smallest absolute Gasteiger partial charge is 0.198 e. The molecule has 0 amide bonds.